The molecule has 1 heterocycles. The maximum Gasteiger partial charge on any atom is 0.148 e. The van der Waals surface area contributed by atoms with Crippen LogP contribution >= 0.6 is 0 Å². The van der Waals surface area contributed by atoms with Crippen LogP contribution in [0, 0.1) is 23.2 Å². The van der Waals surface area contributed by atoms with Crippen LogP contribution in [0.5, 0.6) is 0 Å². The number of carbonyl (C=O) groups excluding carboxylic acids is 1. The van der Waals surface area contributed by atoms with E-state index >= 15 is 0 Å². The number of anilines is 1. The van der Waals surface area contributed by atoms with Crippen molar-refractivity contribution in [1.82, 2.24) is 0 Å². The summed E-state index contributed by atoms with van der Waals surface area (Å²) in [5, 5.41) is 3.54. The molecule has 4 saturated carbocycles. The molecule has 116 valence electrons. The van der Waals surface area contributed by atoms with Crippen molar-refractivity contribution in [2.45, 2.75) is 57.4 Å². The Bertz CT molecular complexity index is 599. The summed E-state index contributed by atoms with van der Waals surface area (Å²) in [6.07, 6.45) is 7.76. The first-order valence-corrected chi connectivity index (χ1v) is 9.04. The quantitative estimate of drug-likeness (QED) is 0.878. The van der Waals surface area contributed by atoms with E-state index < -0.39 is 0 Å². The lowest BCUT2D eigenvalue weighted by molar-refractivity contribution is -0.145. The molecule has 4 bridgehead atoms. The van der Waals surface area contributed by atoms with E-state index in [4.69, 9.17) is 0 Å². The second kappa shape index (κ2) is 4.37. The van der Waals surface area contributed by atoms with E-state index in [9.17, 15) is 4.79 Å². The molecule has 4 aliphatic carbocycles. The highest BCUT2D eigenvalue weighted by atomic mass is 16.1. The zero-order valence-electron chi connectivity index (χ0n) is 13.3. The van der Waals surface area contributed by atoms with Crippen molar-refractivity contribution in [2.24, 2.45) is 23.2 Å². The Balaban J connectivity index is 1.52. The summed E-state index contributed by atoms with van der Waals surface area (Å²) in [7, 11) is 0. The summed E-state index contributed by atoms with van der Waals surface area (Å²) >= 11 is 0. The summed E-state index contributed by atoms with van der Waals surface area (Å²) in [6.45, 7) is 2.18. The minimum atomic E-state index is 0.0206. The third-order valence-corrected chi connectivity index (χ3v) is 7.02. The van der Waals surface area contributed by atoms with Crippen LogP contribution in [0.15, 0.2) is 24.3 Å². The number of carbonyl (C=O) groups is 1. The predicted octanol–water partition coefficient (Wildman–Crippen LogP) is 4.37. The van der Waals surface area contributed by atoms with Gasteiger partial charge in [-0.2, -0.15) is 0 Å². The number of ketones is 1. The molecule has 0 spiro atoms. The van der Waals surface area contributed by atoms with Gasteiger partial charge in [0.15, 0.2) is 0 Å². The number of nitrogens with one attached hydrogen (secondary N) is 1. The Morgan fingerprint density at radius 1 is 1.05 bits per heavy atom. The van der Waals surface area contributed by atoms with Gasteiger partial charge in [0.05, 0.1) is 5.92 Å². The summed E-state index contributed by atoms with van der Waals surface area (Å²) in [4.78, 5) is 13.6. The lowest BCUT2D eigenvalue weighted by atomic mass is 9.47. The van der Waals surface area contributed by atoms with Crippen LogP contribution in [-0.2, 0) is 4.79 Å². The maximum absolute atomic E-state index is 13.6. The van der Waals surface area contributed by atoms with Gasteiger partial charge in [-0.15, -0.1) is 0 Å². The van der Waals surface area contributed by atoms with Gasteiger partial charge in [0.1, 0.15) is 5.78 Å². The normalized spacial score (nSPS) is 44.7. The fraction of sp³-hybridized carbons (Fsp3) is 0.650. The van der Waals surface area contributed by atoms with Crippen LogP contribution in [0.1, 0.15) is 56.9 Å². The smallest absolute Gasteiger partial charge is 0.148 e. The third kappa shape index (κ3) is 1.70. The minimum Gasteiger partial charge on any atom is -0.381 e. The summed E-state index contributed by atoms with van der Waals surface area (Å²) in [5.74, 6) is 3.17. The molecule has 2 nitrogen and oxygen atoms in total. The molecule has 22 heavy (non-hydrogen) atoms. The minimum absolute atomic E-state index is 0.0206. The highest BCUT2D eigenvalue weighted by molar-refractivity contribution is 5.95. The standard InChI is InChI=1S/C20H25NO/c1-12-18(16-4-2-3-5-17(16)21-12)19(22)20-9-13-6-14(10-20)8-15(7-13)11-20/h2-5,12-15,18,21H,6-11H2,1H3. The molecule has 1 aromatic rings. The molecule has 6 rings (SSSR count). The van der Waals surface area contributed by atoms with Crippen LogP contribution in [0.25, 0.3) is 0 Å². The van der Waals surface area contributed by atoms with Gasteiger partial charge in [-0.25, -0.2) is 0 Å². The van der Waals surface area contributed by atoms with Crippen molar-refractivity contribution >= 4 is 11.5 Å². The van der Waals surface area contributed by atoms with Gasteiger partial charge in [-0.05, 0) is 74.8 Å². The molecule has 0 saturated heterocycles. The van der Waals surface area contributed by atoms with E-state index in [-0.39, 0.29) is 17.4 Å². The van der Waals surface area contributed by atoms with Gasteiger partial charge in [0, 0.05) is 17.1 Å². The van der Waals surface area contributed by atoms with Crippen LogP contribution in [0.3, 0.4) is 0 Å². The molecular weight excluding hydrogens is 270 g/mol. The van der Waals surface area contributed by atoms with E-state index in [2.05, 4.69) is 36.5 Å². The van der Waals surface area contributed by atoms with E-state index in [1.165, 1.54) is 49.8 Å². The first-order valence-electron chi connectivity index (χ1n) is 9.04. The zero-order valence-corrected chi connectivity index (χ0v) is 13.3. The fourth-order valence-corrected chi connectivity index (χ4v) is 6.61. The van der Waals surface area contributed by atoms with Gasteiger partial charge >= 0.3 is 0 Å². The molecule has 2 heteroatoms. The second-order valence-corrected chi connectivity index (χ2v) is 8.56. The van der Waals surface area contributed by atoms with Gasteiger partial charge in [0.2, 0.25) is 0 Å². The number of hydrogen-bond acceptors (Lipinski definition) is 2. The Morgan fingerprint density at radius 3 is 2.27 bits per heavy atom. The molecule has 4 fully saturated rings. The van der Waals surface area contributed by atoms with Crippen molar-refractivity contribution in [3.8, 4) is 0 Å². The highest BCUT2D eigenvalue weighted by Crippen LogP contribution is 2.62. The summed E-state index contributed by atoms with van der Waals surface area (Å²) in [5.41, 5.74) is 2.45. The van der Waals surface area contributed by atoms with Crippen molar-refractivity contribution < 1.29 is 4.79 Å². The van der Waals surface area contributed by atoms with Gasteiger partial charge in [0.25, 0.3) is 0 Å². The first-order chi connectivity index (χ1) is 10.6. The third-order valence-electron chi connectivity index (χ3n) is 7.02. The number of para-hydroxylation sites is 1. The number of rotatable bonds is 2. The lowest BCUT2D eigenvalue weighted by Crippen LogP contribution is -2.52. The summed E-state index contributed by atoms with van der Waals surface area (Å²) in [6, 6.07) is 8.68. The van der Waals surface area contributed by atoms with Crippen LogP contribution in [-0.4, -0.2) is 11.8 Å². The Labute approximate surface area is 132 Å². The van der Waals surface area contributed by atoms with E-state index in [0.29, 0.717) is 5.78 Å². The lowest BCUT2D eigenvalue weighted by Gasteiger charge is -2.56. The molecule has 2 atom stereocenters. The molecule has 1 aliphatic heterocycles. The van der Waals surface area contributed by atoms with Gasteiger partial charge < -0.3 is 5.32 Å². The van der Waals surface area contributed by atoms with Gasteiger partial charge in [-0.3, -0.25) is 4.79 Å². The number of hydrogen-bond donors (Lipinski definition) is 1. The highest BCUT2D eigenvalue weighted by Gasteiger charge is 2.56. The average molecular weight is 295 g/mol. The van der Waals surface area contributed by atoms with Crippen molar-refractivity contribution in [3.05, 3.63) is 29.8 Å². The molecule has 0 amide bonds. The molecule has 1 aromatic carbocycles. The van der Waals surface area contributed by atoms with E-state index in [1.807, 2.05) is 0 Å². The molecule has 5 aliphatic rings. The van der Waals surface area contributed by atoms with Crippen LogP contribution in [0.4, 0.5) is 5.69 Å². The van der Waals surface area contributed by atoms with Crippen molar-refractivity contribution in [3.63, 3.8) is 0 Å². The topological polar surface area (TPSA) is 29.1 Å². The first kappa shape index (κ1) is 13.2. The Kier molecular flexibility index (Phi) is 2.61. The SMILES string of the molecule is CC1Nc2ccccc2C1C(=O)C12CC3CC(CC(C3)C1)C2. The largest absolute Gasteiger partial charge is 0.381 e. The van der Waals surface area contributed by atoms with E-state index in [1.54, 1.807) is 0 Å². The van der Waals surface area contributed by atoms with E-state index in [0.717, 1.165) is 17.8 Å². The second-order valence-electron chi connectivity index (χ2n) is 8.56. The molecular formula is C20H25NO. The molecule has 0 radical (unpaired) electrons. The predicted molar refractivity (Wildman–Crippen MR) is 87.9 cm³/mol. The number of benzene rings is 1. The van der Waals surface area contributed by atoms with Crippen molar-refractivity contribution in [2.75, 3.05) is 5.32 Å². The number of Topliss-reactive ketones (excluding diaryl/α,β-unsaturated/α-hetero) is 1. The summed E-state index contributed by atoms with van der Waals surface area (Å²) < 4.78 is 0. The zero-order chi connectivity index (χ0) is 14.9. The van der Waals surface area contributed by atoms with Crippen LogP contribution < -0.4 is 5.32 Å². The maximum atomic E-state index is 13.6. The Morgan fingerprint density at radius 2 is 1.64 bits per heavy atom. The Hall–Kier alpha value is -1.31. The molecule has 1 N–H and O–H groups in total. The average Bonchev–Trinajstić information content (AvgIpc) is 2.80. The number of fused-ring (bicyclic) bond motifs is 1. The monoisotopic (exact) mass is 295 g/mol. The van der Waals surface area contributed by atoms with Gasteiger partial charge in [-0.1, -0.05) is 18.2 Å². The van der Waals surface area contributed by atoms with Crippen molar-refractivity contribution in [1.29, 1.82) is 0 Å². The fourth-order valence-electron chi connectivity index (χ4n) is 6.61. The van der Waals surface area contributed by atoms with Crippen LogP contribution in [0.2, 0.25) is 0 Å². The molecule has 2 unspecified atom stereocenters. The molecule has 0 aromatic heterocycles.